The zero-order valence-corrected chi connectivity index (χ0v) is 23.2. The first kappa shape index (κ1) is 28.9. The van der Waals surface area contributed by atoms with Gasteiger partial charge in [0.2, 0.25) is 0 Å². The lowest BCUT2D eigenvalue weighted by Gasteiger charge is -2.37. The molecule has 3 heterocycles. The number of sulfone groups is 1. The molecule has 5 rings (SSSR count). The number of aromatic nitrogens is 2. The standard InChI is InChI=1S/C26H33FN4O2S.2ClH/c1-30-25-23(29-26(30)19-5-7-21(8-6-19)34(2,32)33)10-9-22(24(25)27)18-12-16-31(17-13-18)20-4-3-14-28-15-11-20;;/h5-10,18,20,28H,3-4,11-17H2,1-2H3;2*1H. The van der Waals surface area contributed by atoms with Gasteiger partial charge in [-0.15, -0.1) is 24.8 Å². The fourth-order valence-electron chi connectivity index (χ4n) is 5.64. The van der Waals surface area contributed by atoms with E-state index in [4.69, 9.17) is 0 Å². The highest BCUT2D eigenvalue weighted by Crippen LogP contribution is 2.35. The number of halogens is 3. The summed E-state index contributed by atoms with van der Waals surface area (Å²) in [4.78, 5) is 7.54. The Morgan fingerprint density at radius 3 is 2.33 bits per heavy atom. The average Bonchev–Trinajstić information content (AvgIpc) is 2.99. The van der Waals surface area contributed by atoms with Gasteiger partial charge in [0.05, 0.1) is 10.4 Å². The van der Waals surface area contributed by atoms with Crippen molar-refractivity contribution in [1.82, 2.24) is 19.8 Å². The number of aryl methyl sites for hydroxylation is 1. The summed E-state index contributed by atoms with van der Waals surface area (Å²) >= 11 is 0. The highest BCUT2D eigenvalue weighted by molar-refractivity contribution is 7.90. The number of benzene rings is 2. The van der Waals surface area contributed by atoms with Crippen LogP contribution in [-0.4, -0.2) is 61.3 Å². The smallest absolute Gasteiger partial charge is 0.175 e. The van der Waals surface area contributed by atoms with Gasteiger partial charge in [-0.3, -0.25) is 0 Å². The maximum absolute atomic E-state index is 15.8. The van der Waals surface area contributed by atoms with E-state index in [0.717, 1.165) is 50.1 Å². The van der Waals surface area contributed by atoms with Crippen LogP contribution >= 0.6 is 24.8 Å². The number of piperidine rings is 1. The van der Waals surface area contributed by atoms with E-state index in [9.17, 15) is 8.42 Å². The van der Waals surface area contributed by atoms with Crippen molar-refractivity contribution >= 4 is 45.7 Å². The van der Waals surface area contributed by atoms with Crippen LogP contribution in [0.15, 0.2) is 41.3 Å². The molecule has 0 radical (unpaired) electrons. The minimum absolute atomic E-state index is 0. The third kappa shape index (κ3) is 5.73. The van der Waals surface area contributed by atoms with Gasteiger partial charge in [0.15, 0.2) is 15.7 Å². The molecule has 198 valence electrons. The van der Waals surface area contributed by atoms with Crippen LogP contribution in [-0.2, 0) is 16.9 Å². The Morgan fingerprint density at radius 2 is 1.67 bits per heavy atom. The van der Waals surface area contributed by atoms with Crippen LogP contribution in [0, 0.1) is 5.82 Å². The van der Waals surface area contributed by atoms with Gasteiger partial charge in [0.1, 0.15) is 11.3 Å². The van der Waals surface area contributed by atoms with Gasteiger partial charge in [-0.1, -0.05) is 6.07 Å². The number of nitrogens with zero attached hydrogens (tertiary/aromatic N) is 3. The van der Waals surface area contributed by atoms with E-state index in [0.29, 0.717) is 22.9 Å². The van der Waals surface area contributed by atoms with Crippen molar-refractivity contribution in [3.05, 3.63) is 47.8 Å². The highest BCUT2D eigenvalue weighted by Gasteiger charge is 2.29. The number of nitrogens with one attached hydrogen (secondary N) is 1. The van der Waals surface area contributed by atoms with E-state index in [-0.39, 0.29) is 41.4 Å². The van der Waals surface area contributed by atoms with Crippen LogP contribution in [0.4, 0.5) is 4.39 Å². The van der Waals surface area contributed by atoms with Crippen LogP contribution < -0.4 is 5.32 Å². The average molecular weight is 558 g/mol. The molecule has 0 bridgehead atoms. The molecule has 2 aliphatic rings. The van der Waals surface area contributed by atoms with Crippen molar-refractivity contribution in [3.63, 3.8) is 0 Å². The van der Waals surface area contributed by atoms with Gasteiger partial charge in [-0.2, -0.15) is 0 Å². The van der Waals surface area contributed by atoms with Gasteiger partial charge >= 0.3 is 0 Å². The van der Waals surface area contributed by atoms with Crippen LogP contribution in [0.1, 0.15) is 43.6 Å². The van der Waals surface area contributed by atoms with Crippen LogP contribution in [0.25, 0.3) is 22.4 Å². The first-order valence-electron chi connectivity index (χ1n) is 12.2. The monoisotopic (exact) mass is 556 g/mol. The Morgan fingerprint density at radius 1 is 0.972 bits per heavy atom. The van der Waals surface area contributed by atoms with E-state index in [1.54, 1.807) is 28.8 Å². The Balaban J connectivity index is 0.00000180. The van der Waals surface area contributed by atoms with Gasteiger partial charge in [0, 0.05) is 24.9 Å². The lowest BCUT2D eigenvalue weighted by molar-refractivity contribution is 0.140. The Hall–Kier alpha value is -1.71. The molecule has 1 unspecified atom stereocenters. The molecule has 2 fully saturated rings. The Bertz CT molecular complexity index is 1280. The summed E-state index contributed by atoms with van der Waals surface area (Å²) in [7, 11) is -1.44. The number of fused-ring (bicyclic) bond motifs is 1. The normalized spacial score (nSPS) is 19.9. The molecule has 0 saturated carbocycles. The second kappa shape index (κ2) is 11.8. The predicted octanol–water partition coefficient (Wildman–Crippen LogP) is 4.95. The summed E-state index contributed by atoms with van der Waals surface area (Å²) in [5.41, 5.74) is 2.68. The second-order valence-corrected chi connectivity index (χ2v) is 11.8. The Kier molecular flexibility index (Phi) is 9.44. The molecule has 1 atom stereocenters. The fourth-order valence-corrected chi connectivity index (χ4v) is 6.27. The molecule has 36 heavy (non-hydrogen) atoms. The van der Waals surface area contributed by atoms with E-state index in [2.05, 4.69) is 15.2 Å². The minimum atomic E-state index is -3.27. The molecule has 1 aromatic heterocycles. The topological polar surface area (TPSA) is 67.2 Å². The van der Waals surface area contributed by atoms with Crippen LogP contribution in [0.3, 0.4) is 0 Å². The number of likely N-dealkylation sites (tertiary alicyclic amines) is 1. The molecule has 0 amide bonds. The molecular formula is C26H35Cl2FN4O2S. The summed E-state index contributed by atoms with van der Waals surface area (Å²) in [6.07, 6.45) is 6.82. The predicted molar refractivity (Wildman–Crippen MR) is 148 cm³/mol. The molecule has 1 N–H and O–H groups in total. The lowest BCUT2D eigenvalue weighted by atomic mass is 9.87. The van der Waals surface area contributed by atoms with E-state index >= 15 is 4.39 Å². The molecule has 2 saturated heterocycles. The van der Waals surface area contributed by atoms with Crippen molar-refractivity contribution in [2.45, 2.75) is 49.0 Å². The summed E-state index contributed by atoms with van der Waals surface area (Å²) in [5.74, 6) is 0.670. The van der Waals surface area contributed by atoms with Crippen molar-refractivity contribution in [3.8, 4) is 11.4 Å². The van der Waals surface area contributed by atoms with Crippen molar-refractivity contribution in [1.29, 1.82) is 0 Å². The molecule has 2 aliphatic heterocycles. The summed E-state index contributed by atoms with van der Waals surface area (Å²) in [6, 6.07) is 11.1. The first-order chi connectivity index (χ1) is 16.3. The molecule has 0 aliphatic carbocycles. The fraction of sp³-hybridized carbons (Fsp3) is 0.500. The highest BCUT2D eigenvalue weighted by atomic mass is 35.5. The SMILES string of the molecule is Cl.Cl.Cn1c(-c2ccc(S(C)(=O)=O)cc2)nc2ccc(C3CCN(C4CCCNCC4)CC3)c(F)c21. The minimum Gasteiger partial charge on any atom is -0.325 e. The van der Waals surface area contributed by atoms with E-state index in [1.807, 2.05) is 19.2 Å². The molecule has 2 aromatic carbocycles. The maximum atomic E-state index is 15.8. The zero-order valence-electron chi connectivity index (χ0n) is 20.7. The van der Waals surface area contributed by atoms with Crippen LogP contribution in [0.2, 0.25) is 0 Å². The Labute approximate surface area is 225 Å². The van der Waals surface area contributed by atoms with Crippen LogP contribution in [0.5, 0.6) is 0 Å². The quantitative estimate of drug-likeness (QED) is 0.492. The number of hydrogen-bond donors (Lipinski definition) is 1. The van der Waals surface area contributed by atoms with E-state index in [1.165, 1.54) is 25.5 Å². The molecule has 3 aromatic rings. The summed E-state index contributed by atoms with van der Waals surface area (Å²) in [6.45, 7) is 4.26. The molecule has 6 nitrogen and oxygen atoms in total. The third-order valence-corrected chi connectivity index (χ3v) is 8.70. The molecular weight excluding hydrogens is 522 g/mol. The number of rotatable bonds is 4. The van der Waals surface area contributed by atoms with Gasteiger partial charge < -0.3 is 14.8 Å². The van der Waals surface area contributed by atoms with Crippen molar-refractivity contribution < 1.29 is 12.8 Å². The maximum Gasteiger partial charge on any atom is 0.175 e. The van der Waals surface area contributed by atoms with Crippen molar-refractivity contribution in [2.24, 2.45) is 7.05 Å². The number of imidazole rings is 1. The van der Waals surface area contributed by atoms with Gasteiger partial charge in [-0.25, -0.2) is 17.8 Å². The van der Waals surface area contributed by atoms with E-state index < -0.39 is 9.84 Å². The first-order valence-corrected chi connectivity index (χ1v) is 14.1. The third-order valence-electron chi connectivity index (χ3n) is 7.58. The number of hydrogen-bond acceptors (Lipinski definition) is 5. The van der Waals surface area contributed by atoms with Gasteiger partial charge in [-0.05, 0) is 100 Å². The second-order valence-electron chi connectivity index (χ2n) is 9.77. The van der Waals surface area contributed by atoms with Gasteiger partial charge in [0.25, 0.3) is 0 Å². The molecule has 0 spiro atoms. The lowest BCUT2D eigenvalue weighted by Crippen LogP contribution is -2.41. The summed E-state index contributed by atoms with van der Waals surface area (Å²) < 4.78 is 41.1. The zero-order chi connectivity index (χ0) is 23.9. The summed E-state index contributed by atoms with van der Waals surface area (Å²) in [5, 5.41) is 3.49. The molecule has 10 heteroatoms. The van der Waals surface area contributed by atoms with Crippen molar-refractivity contribution in [2.75, 3.05) is 32.4 Å². The largest absolute Gasteiger partial charge is 0.325 e.